The molecule has 1 unspecified atom stereocenters. The number of nitrogens with zero attached hydrogens (tertiary/aromatic N) is 1. The molecule has 2 rings (SSSR count). The van der Waals surface area contributed by atoms with E-state index in [9.17, 15) is 4.79 Å². The van der Waals surface area contributed by atoms with Gasteiger partial charge in [0.15, 0.2) is 0 Å². The molecule has 0 radical (unpaired) electrons. The molecule has 1 saturated heterocycles. The van der Waals surface area contributed by atoms with Crippen LogP contribution < -0.4 is 11.0 Å². The van der Waals surface area contributed by atoms with E-state index >= 15 is 0 Å². The molecular formula is C11H15N3O2. The maximum Gasteiger partial charge on any atom is 0.420 e. The molecule has 0 aliphatic carbocycles. The highest BCUT2D eigenvalue weighted by Gasteiger charge is 2.23. The van der Waals surface area contributed by atoms with Crippen molar-refractivity contribution in [2.75, 3.05) is 13.1 Å². The zero-order valence-corrected chi connectivity index (χ0v) is 8.89. The van der Waals surface area contributed by atoms with Gasteiger partial charge in [-0.25, -0.2) is 15.2 Å². The Bertz CT molecular complexity index is 356. The van der Waals surface area contributed by atoms with E-state index in [1.807, 2.05) is 23.2 Å². The molecule has 0 aromatic heterocycles. The first kappa shape index (κ1) is 10.9. The highest BCUT2D eigenvalue weighted by molar-refractivity contribution is 5.63. The predicted molar refractivity (Wildman–Crippen MR) is 59.7 cm³/mol. The van der Waals surface area contributed by atoms with Crippen LogP contribution in [0.1, 0.15) is 17.9 Å². The summed E-state index contributed by atoms with van der Waals surface area (Å²) in [5, 5.41) is 10.3. The number of carbonyl (C=O) groups is 1. The summed E-state index contributed by atoms with van der Waals surface area (Å²) in [6, 6.07) is 10.3. The second-order valence-electron chi connectivity index (χ2n) is 3.88. The van der Waals surface area contributed by atoms with Gasteiger partial charge in [0.2, 0.25) is 0 Å². The van der Waals surface area contributed by atoms with E-state index in [2.05, 4.69) is 23.1 Å². The Balaban J connectivity index is 1.86. The third-order valence-corrected chi connectivity index (χ3v) is 2.78. The number of hydrogen-bond acceptors (Lipinski definition) is 3. The Kier molecular flexibility index (Phi) is 3.38. The second kappa shape index (κ2) is 4.96. The molecule has 5 heteroatoms. The molecule has 1 amide bonds. The van der Waals surface area contributed by atoms with Crippen molar-refractivity contribution in [2.45, 2.75) is 12.3 Å². The summed E-state index contributed by atoms with van der Waals surface area (Å²) in [7, 11) is 0. The van der Waals surface area contributed by atoms with Crippen molar-refractivity contribution < 1.29 is 9.90 Å². The van der Waals surface area contributed by atoms with Crippen molar-refractivity contribution >= 4 is 6.09 Å². The lowest BCUT2D eigenvalue weighted by Crippen LogP contribution is -2.47. The maximum absolute atomic E-state index is 10.3. The van der Waals surface area contributed by atoms with Gasteiger partial charge in [0.05, 0.1) is 0 Å². The summed E-state index contributed by atoms with van der Waals surface area (Å²) < 4.78 is 0. The topological polar surface area (TPSA) is 64.6 Å². The molecule has 86 valence electrons. The molecule has 1 atom stereocenters. The quantitative estimate of drug-likeness (QED) is 0.670. The molecule has 1 aromatic rings. The van der Waals surface area contributed by atoms with Crippen molar-refractivity contribution in [2.24, 2.45) is 0 Å². The largest absolute Gasteiger partial charge is 0.464 e. The van der Waals surface area contributed by atoms with Crippen LogP contribution >= 0.6 is 0 Å². The molecule has 16 heavy (non-hydrogen) atoms. The van der Waals surface area contributed by atoms with Crippen LogP contribution in [0.25, 0.3) is 0 Å². The molecule has 1 aliphatic heterocycles. The smallest absolute Gasteiger partial charge is 0.420 e. The van der Waals surface area contributed by atoms with Crippen LogP contribution in [0.15, 0.2) is 30.3 Å². The van der Waals surface area contributed by atoms with E-state index in [0.717, 1.165) is 19.5 Å². The average Bonchev–Trinajstić information content (AvgIpc) is 2.76. The minimum Gasteiger partial charge on any atom is -0.464 e. The molecule has 5 nitrogen and oxygen atoms in total. The van der Waals surface area contributed by atoms with Gasteiger partial charge in [0.25, 0.3) is 0 Å². The second-order valence-corrected chi connectivity index (χ2v) is 3.88. The van der Waals surface area contributed by atoms with Crippen LogP contribution in [0.4, 0.5) is 4.79 Å². The van der Waals surface area contributed by atoms with Gasteiger partial charge in [-0.2, -0.15) is 5.53 Å². The average molecular weight is 221 g/mol. The normalized spacial score (nSPS) is 20.9. The predicted octanol–water partition coefficient (Wildman–Crippen LogP) is 1.16. The van der Waals surface area contributed by atoms with E-state index in [1.165, 1.54) is 5.56 Å². The summed E-state index contributed by atoms with van der Waals surface area (Å²) in [6.07, 6.45) is -0.0265. The van der Waals surface area contributed by atoms with Crippen LogP contribution in [0.2, 0.25) is 0 Å². The molecule has 0 saturated carbocycles. The zero-order valence-electron chi connectivity index (χ0n) is 8.89. The molecule has 3 N–H and O–H groups in total. The van der Waals surface area contributed by atoms with Gasteiger partial charge >= 0.3 is 6.09 Å². The van der Waals surface area contributed by atoms with Gasteiger partial charge in [-0.1, -0.05) is 30.3 Å². The summed E-state index contributed by atoms with van der Waals surface area (Å²) >= 11 is 0. The van der Waals surface area contributed by atoms with Crippen molar-refractivity contribution in [3.8, 4) is 0 Å². The molecular weight excluding hydrogens is 206 g/mol. The van der Waals surface area contributed by atoms with Crippen LogP contribution in [-0.2, 0) is 0 Å². The number of rotatable bonds is 3. The molecule has 0 bridgehead atoms. The monoisotopic (exact) mass is 221 g/mol. The molecule has 1 aromatic carbocycles. The van der Waals surface area contributed by atoms with Gasteiger partial charge in [-0.05, 0) is 17.9 Å². The Morgan fingerprint density at radius 3 is 2.81 bits per heavy atom. The number of benzene rings is 1. The fourth-order valence-electron chi connectivity index (χ4n) is 1.99. The highest BCUT2D eigenvalue weighted by Crippen LogP contribution is 2.25. The van der Waals surface area contributed by atoms with Crippen LogP contribution in [0.3, 0.4) is 0 Å². The molecule has 1 fully saturated rings. The lowest BCUT2D eigenvalue weighted by atomic mass is 9.99. The number of hydrazine groups is 2. The van der Waals surface area contributed by atoms with Crippen LogP contribution in [-0.4, -0.2) is 29.3 Å². The number of hydrogen-bond donors (Lipinski definition) is 3. The lowest BCUT2D eigenvalue weighted by Gasteiger charge is -2.16. The van der Waals surface area contributed by atoms with Crippen molar-refractivity contribution in [1.82, 2.24) is 16.0 Å². The number of carboxylic acid groups (broad SMARTS) is 1. The van der Waals surface area contributed by atoms with Gasteiger partial charge in [0, 0.05) is 13.1 Å². The van der Waals surface area contributed by atoms with E-state index in [-0.39, 0.29) is 0 Å². The van der Waals surface area contributed by atoms with Crippen LogP contribution in [0, 0.1) is 0 Å². The summed E-state index contributed by atoms with van der Waals surface area (Å²) in [5.74, 6) is 0.476. The standard InChI is InChI=1S/C11H15N3O2/c15-11(16)12-13-14-7-6-10(8-14)9-4-2-1-3-5-9/h1-5,10,12-13H,6-8H2,(H,15,16). The SMILES string of the molecule is O=C(O)NNN1CCC(c2ccccc2)C1. The number of amides is 1. The minimum absolute atomic E-state index is 0.476. The third kappa shape index (κ3) is 2.71. The van der Waals surface area contributed by atoms with E-state index in [0.29, 0.717) is 5.92 Å². The Morgan fingerprint density at radius 2 is 2.12 bits per heavy atom. The maximum atomic E-state index is 10.3. The zero-order chi connectivity index (χ0) is 11.4. The summed E-state index contributed by atoms with van der Waals surface area (Å²) in [5.41, 5.74) is 6.12. The van der Waals surface area contributed by atoms with Crippen molar-refractivity contribution in [3.63, 3.8) is 0 Å². The summed E-state index contributed by atoms with van der Waals surface area (Å²) in [4.78, 5) is 10.3. The Labute approximate surface area is 94.0 Å². The van der Waals surface area contributed by atoms with E-state index in [1.54, 1.807) is 0 Å². The fraction of sp³-hybridized carbons (Fsp3) is 0.364. The van der Waals surface area contributed by atoms with Gasteiger partial charge < -0.3 is 5.11 Å². The first-order valence-electron chi connectivity index (χ1n) is 5.30. The first-order valence-corrected chi connectivity index (χ1v) is 5.30. The van der Waals surface area contributed by atoms with Gasteiger partial charge in [-0.3, -0.25) is 0 Å². The Hall–Kier alpha value is -1.59. The molecule has 0 spiro atoms. The molecule has 1 heterocycles. The number of nitrogens with one attached hydrogen (secondary N) is 2. The third-order valence-electron chi connectivity index (χ3n) is 2.78. The van der Waals surface area contributed by atoms with Gasteiger partial charge in [-0.15, -0.1) is 0 Å². The highest BCUT2D eigenvalue weighted by atomic mass is 16.4. The van der Waals surface area contributed by atoms with Crippen molar-refractivity contribution in [3.05, 3.63) is 35.9 Å². The molecule has 1 aliphatic rings. The minimum atomic E-state index is -1.07. The first-order chi connectivity index (χ1) is 7.75. The summed E-state index contributed by atoms with van der Waals surface area (Å²) in [6.45, 7) is 1.67. The van der Waals surface area contributed by atoms with Gasteiger partial charge in [0.1, 0.15) is 0 Å². The lowest BCUT2D eigenvalue weighted by molar-refractivity contribution is 0.150. The van der Waals surface area contributed by atoms with Crippen molar-refractivity contribution in [1.29, 1.82) is 0 Å². The van der Waals surface area contributed by atoms with Crippen LogP contribution in [0.5, 0.6) is 0 Å². The van der Waals surface area contributed by atoms with E-state index in [4.69, 9.17) is 5.11 Å². The van der Waals surface area contributed by atoms with E-state index < -0.39 is 6.09 Å². The Morgan fingerprint density at radius 1 is 1.38 bits per heavy atom. The fourth-order valence-corrected chi connectivity index (χ4v) is 1.99.